The molecule has 5 heteroatoms. The van der Waals surface area contributed by atoms with E-state index in [0.717, 1.165) is 17.1 Å². The van der Waals surface area contributed by atoms with E-state index in [4.69, 9.17) is 9.15 Å². The van der Waals surface area contributed by atoms with Crippen molar-refractivity contribution >= 4 is 5.91 Å². The van der Waals surface area contributed by atoms with Crippen molar-refractivity contribution in [1.82, 2.24) is 5.32 Å². The molecule has 1 heterocycles. The number of methoxy groups -OCH3 is 1. The molecule has 25 heavy (non-hydrogen) atoms. The van der Waals surface area contributed by atoms with Gasteiger partial charge in [-0.3, -0.25) is 4.79 Å². The van der Waals surface area contributed by atoms with Crippen LogP contribution in [-0.4, -0.2) is 24.7 Å². The fraction of sp³-hybridized carbons (Fsp3) is 0.450. The first-order valence-electron chi connectivity index (χ1n) is 8.43. The molecule has 1 aromatic carbocycles. The topological polar surface area (TPSA) is 71.7 Å². The molecule has 0 aliphatic heterocycles. The van der Waals surface area contributed by atoms with E-state index in [0.29, 0.717) is 17.7 Å². The third-order valence-corrected chi connectivity index (χ3v) is 4.43. The second-order valence-electron chi connectivity index (χ2n) is 6.76. The number of ether oxygens (including phenoxy) is 1. The van der Waals surface area contributed by atoms with Gasteiger partial charge in [-0.1, -0.05) is 19.1 Å². The minimum absolute atomic E-state index is 0.0776. The minimum atomic E-state index is -1.17. The summed E-state index contributed by atoms with van der Waals surface area (Å²) in [6, 6.07) is 9.51. The van der Waals surface area contributed by atoms with Crippen LogP contribution in [0.4, 0.5) is 0 Å². The first kappa shape index (κ1) is 19.1. The second-order valence-corrected chi connectivity index (χ2v) is 6.76. The fourth-order valence-corrected chi connectivity index (χ4v) is 2.93. The normalized spacial score (nSPS) is 14.6. The summed E-state index contributed by atoms with van der Waals surface area (Å²) in [4.78, 5) is 12.2. The first-order valence-corrected chi connectivity index (χ1v) is 8.43. The molecular weight excluding hydrogens is 318 g/mol. The number of aryl methyl sites for hydroxylation is 2. The molecule has 2 rings (SSSR count). The molecule has 2 aromatic rings. The van der Waals surface area contributed by atoms with Gasteiger partial charge >= 0.3 is 0 Å². The van der Waals surface area contributed by atoms with Crippen LogP contribution in [0.25, 0.3) is 0 Å². The molecule has 136 valence electrons. The molecule has 0 aliphatic carbocycles. The van der Waals surface area contributed by atoms with Crippen LogP contribution in [0.5, 0.6) is 5.75 Å². The molecule has 1 aromatic heterocycles. The summed E-state index contributed by atoms with van der Waals surface area (Å²) in [5.41, 5.74) is 0.610. The molecular formula is C20H27NO4. The molecule has 2 unspecified atom stereocenters. The van der Waals surface area contributed by atoms with E-state index in [9.17, 15) is 9.90 Å². The van der Waals surface area contributed by atoms with Gasteiger partial charge in [-0.2, -0.15) is 0 Å². The first-order chi connectivity index (χ1) is 11.7. The zero-order chi connectivity index (χ0) is 18.6. The quantitative estimate of drug-likeness (QED) is 0.806. The number of furan rings is 1. The maximum atomic E-state index is 12.2. The van der Waals surface area contributed by atoms with E-state index in [2.05, 4.69) is 5.32 Å². The van der Waals surface area contributed by atoms with Gasteiger partial charge in [0, 0.05) is 12.0 Å². The Morgan fingerprint density at radius 1 is 1.32 bits per heavy atom. The summed E-state index contributed by atoms with van der Waals surface area (Å²) < 4.78 is 10.6. The summed E-state index contributed by atoms with van der Waals surface area (Å²) in [6.07, 6.45) is 0.353. The van der Waals surface area contributed by atoms with Crippen molar-refractivity contribution in [2.75, 3.05) is 13.7 Å². The van der Waals surface area contributed by atoms with E-state index < -0.39 is 5.60 Å². The summed E-state index contributed by atoms with van der Waals surface area (Å²) in [5, 5.41) is 13.5. The van der Waals surface area contributed by atoms with Crippen molar-refractivity contribution in [3.8, 4) is 5.75 Å². The monoisotopic (exact) mass is 345 g/mol. The van der Waals surface area contributed by atoms with Crippen molar-refractivity contribution in [3.05, 3.63) is 53.0 Å². The van der Waals surface area contributed by atoms with Crippen LogP contribution in [0.2, 0.25) is 0 Å². The molecule has 0 saturated heterocycles. The van der Waals surface area contributed by atoms with Crippen molar-refractivity contribution in [1.29, 1.82) is 0 Å². The highest BCUT2D eigenvalue weighted by molar-refractivity contribution is 5.77. The largest absolute Gasteiger partial charge is 0.497 e. The van der Waals surface area contributed by atoms with Gasteiger partial charge in [0.15, 0.2) is 0 Å². The molecule has 0 spiro atoms. The molecule has 2 N–H and O–H groups in total. The lowest BCUT2D eigenvalue weighted by Crippen LogP contribution is -2.39. The fourth-order valence-electron chi connectivity index (χ4n) is 2.93. The Bertz CT molecular complexity index is 716. The molecule has 0 aliphatic rings. The highest BCUT2D eigenvalue weighted by Gasteiger charge is 2.28. The lowest BCUT2D eigenvalue weighted by molar-refractivity contribution is -0.122. The van der Waals surface area contributed by atoms with Crippen molar-refractivity contribution in [3.63, 3.8) is 0 Å². The standard InChI is InChI=1S/C20H27NO4/c1-13(16-6-8-17(24-5)9-7-16)10-19(22)21-12-20(4,23)18-11-14(2)25-15(18)3/h6-9,11,13,23H,10,12H2,1-5H3,(H,21,22). The zero-order valence-electron chi connectivity index (χ0n) is 15.6. The Morgan fingerprint density at radius 3 is 2.48 bits per heavy atom. The van der Waals surface area contributed by atoms with Gasteiger partial charge in [-0.15, -0.1) is 0 Å². The van der Waals surface area contributed by atoms with Crippen molar-refractivity contribution in [2.24, 2.45) is 0 Å². The van der Waals surface area contributed by atoms with Crippen LogP contribution in [0, 0.1) is 13.8 Å². The number of rotatable bonds is 7. The Morgan fingerprint density at radius 2 is 1.96 bits per heavy atom. The highest BCUT2D eigenvalue weighted by atomic mass is 16.5. The summed E-state index contributed by atoms with van der Waals surface area (Å²) in [7, 11) is 1.63. The van der Waals surface area contributed by atoms with E-state index >= 15 is 0 Å². The zero-order valence-corrected chi connectivity index (χ0v) is 15.6. The molecule has 5 nitrogen and oxygen atoms in total. The minimum Gasteiger partial charge on any atom is -0.497 e. The number of aliphatic hydroxyl groups is 1. The lowest BCUT2D eigenvalue weighted by atomic mass is 9.95. The van der Waals surface area contributed by atoms with Gasteiger partial charge in [0.2, 0.25) is 5.91 Å². The van der Waals surface area contributed by atoms with Gasteiger partial charge in [0.1, 0.15) is 22.9 Å². The third kappa shape index (κ3) is 4.86. The van der Waals surface area contributed by atoms with Gasteiger partial charge in [0.05, 0.1) is 13.7 Å². The number of carbonyl (C=O) groups excluding carboxylic acids is 1. The van der Waals surface area contributed by atoms with Gasteiger partial charge in [-0.25, -0.2) is 0 Å². The van der Waals surface area contributed by atoms with Crippen molar-refractivity contribution < 1.29 is 19.1 Å². The van der Waals surface area contributed by atoms with Crippen LogP contribution < -0.4 is 10.1 Å². The average Bonchev–Trinajstić information content (AvgIpc) is 2.92. The van der Waals surface area contributed by atoms with Gasteiger partial charge in [0.25, 0.3) is 0 Å². The predicted octanol–water partition coefficient (Wildman–Crippen LogP) is 3.42. The maximum Gasteiger partial charge on any atom is 0.220 e. The molecule has 1 amide bonds. The van der Waals surface area contributed by atoms with E-state index in [1.54, 1.807) is 14.0 Å². The Balaban J connectivity index is 1.92. The Hall–Kier alpha value is -2.27. The van der Waals surface area contributed by atoms with Crippen LogP contribution in [0.15, 0.2) is 34.7 Å². The lowest BCUT2D eigenvalue weighted by Gasteiger charge is -2.23. The van der Waals surface area contributed by atoms with Gasteiger partial charge < -0.3 is 19.6 Å². The molecule has 0 saturated carbocycles. The number of nitrogens with one attached hydrogen (secondary N) is 1. The Kier molecular flexibility index (Phi) is 5.90. The van der Waals surface area contributed by atoms with Gasteiger partial charge in [-0.05, 0) is 50.5 Å². The van der Waals surface area contributed by atoms with Crippen LogP contribution in [-0.2, 0) is 10.4 Å². The SMILES string of the molecule is COc1ccc(C(C)CC(=O)NCC(C)(O)c2cc(C)oc2C)cc1. The maximum absolute atomic E-state index is 12.2. The third-order valence-electron chi connectivity index (χ3n) is 4.43. The number of hydrogen-bond acceptors (Lipinski definition) is 4. The van der Waals surface area contributed by atoms with E-state index in [1.807, 2.05) is 51.1 Å². The number of hydrogen-bond donors (Lipinski definition) is 2. The summed E-state index contributed by atoms with van der Waals surface area (Å²) >= 11 is 0. The van der Waals surface area contributed by atoms with Crippen LogP contribution in [0.3, 0.4) is 0 Å². The summed E-state index contributed by atoms with van der Waals surface area (Å²) in [6.45, 7) is 7.47. The van der Waals surface area contributed by atoms with Crippen LogP contribution >= 0.6 is 0 Å². The number of benzene rings is 1. The summed E-state index contributed by atoms with van der Waals surface area (Å²) in [5.74, 6) is 2.19. The highest BCUT2D eigenvalue weighted by Crippen LogP contribution is 2.27. The molecule has 0 radical (unpaired) electrons. The van der Waals surface area contributed by atoms with Crippen LogP contribution in [0.1, 0.15) is 48.8 Å². The molecule has 2 atom stereocenters. The number of amides is 1. The van der Waals surface area contributed by atoms with E-state index in [1.165, 1.54) is 0 Å². The van der Waals surface area contributed by atoms with E-state index in [-0.39, 0.29) is 18.4 Å². The Labute approximate surface area is 149 Å². The molecule has 0 fully saturated rings. The second kappa shape index (κ2) is 7.74. The molecule has 0 bridgehead atoms. The average molecular weight is 345 g/mol. The predicted molar refractivity (Wildman–Crippen MR) is 96.8 cm³/mol. The van der Waals surface area contributed by atoms with Crippen molar-refractivity contribution in [2.45, 2.75) is 45.6 Å². The number of carbonyl (C=O) groups is 1. The smallest absolute Gasteiger partial charge is 0.220 e.